The molecule has 8 nitrogen and oxygen atoms in total. The van der Waals surface area contributed by atoms with Crippen LogP contribution in [-0.2, 0) is 15.8 Å². The van der Waals surface area contributed by atoms with Gasteiger partial charge in [-0.05, 0) is 35.4 Å². The molecule has 0 aliphatic carbocycles. The number of carbonyl (C=O) groups excluding carboxylic acids is 1. The van der Waals surface area contributed by atoms with E-state index >= 15 is 0 Å². The first-order valence-corrected chi connectivity index (χ1v) is 10.7. The summed E-state index contributed by atoms with van der Waals surface area (Å²) < 4.78 is 57.0. The van der Waals surface area contributed by atoms with E-state index in [0.29, 0.717) is 0 Å². The van der Waals surface area contributed by atoms with Gasteiger partial charge in [0.25, 0.3) is 11.7 Å². The molecular formula is C26H18F3NO7. The van der Waals surface area contributed by atoms with Crippen LogP contribution in [0.2, 0.25) is 0 Å². The van der Waals surface area contributed by atoms with Crippen molar-refractivity contribution in [3.8, 4) is 28.4 Å². The average molecular weight is 513 g/mol. The van der Waals surface area contributed by atoms with Crippen molar-refractivity contribution in [2.45, 2.75) is 6.18 Å². The molecule has 0 unspecified atom stereocenters. The largest absolute Gasteiger partial charge is 0.484 e. The minimum atomic E-state index is -5.06. The third-order valence-electron chi connectivity index (χ3n) is 5.07. The standard InChI is InChI=1S/C26H18F3NO7/c27-26(28,29)25-24(36-17-8-6-16(7-9-17)15-4-2-1-3-5-15)23(34)19-11-10-18(12-20(19)37-25)35-14-21(31)30-13-22(32)33/h1-12H,13-14H2,(H,30,31)(H,32,33). The minimum absolute atomic E-state index is 0.00385. The molecule has 0 saturated carbocycles. The molecule has 1 heterocycles. The monoisotopic (exact) mass is 513 g/mol. The van der Waals surface area contributed by atoms with Crippen molar-refractivity contribution < 1.29 is 41.8 Å². The number of hydrogen-bond donors (Lipinski definition) is 2. The molecule has 4 rings (SSSR count). The summed E-state index contributed by atoms with van der Waals surface area (Å²) in [6.45, 7) is -1.23. The lowest BCUT2D eigenvalue weighted by Crippen LogP contribution is -2.33. The fourth-order valence-corrected chi connectivity index (χ4v) is 3.36. The Hall–Kier alpha value is -4.80. The number of nitrogens with one attached hydrogen (secondary N) is 1. The van der Waals surface area contributed by atoms with E-state index in [1.54, 1.807) is 12.1 Å². The fourth-order valence-electron chi connectivity index (χ4n) is 3.36. The maximum absolute atomic E-state index is 13.8. The highest BCUT2D eigenvalue weighted by Gasteiger charge is 2.40. The summed E-state index contributed by atoms with van der Waals surface area (Å²) in [5.74, 6) is -4.74. The molecule has 1 amide bonds. The van der Waals surface area contributed by atoms with E-state index in [0.717, 1.165) is 17.2 Å². The molecule has 0 aliphatic rings. The Morgan fingerprint density at radius 3 is 2.22 bits per heavy atom. The van der Waals surface area contributed by atoms with Gasteiger partial charge in [-0.3, -0.25) is 14.4 Å². The Balaban J connectivity index is 1.62. The zero-order chi connectivity index (χ0) is 26.6. The Labute approximate surface area is 206 Å². The Morgan fingerprint density at radius 1 is 0.919 bits per heavy atom. The highest BCUT2D eigenvalue weighted by molar-refractivity contribution is 5.83. The minimum Gasteiger partial charge on any atom is -0.484 e. The van der Waals surface area contributed by atoms with Crippen LogP contribution < -0.4 is 20.2 Å². The molecule has 0 atom stereocenters. The molecule has 2 N–H and O–H groups in total. The zero-order valence-corrected chi connectivity index (χ0v) is 18.9. The predicted molar refractivity (Wildman–Crippen MR) is 126 cm³/mol. The van der Waals surface area contributed by atoms with Crippen molar-refractivity contribution >= 4 is 22.8 Å². The van der Waals surface area contributed by atoms with Gasteiger partial charge in [0, 0.05) is 6.07 Å². The highest BCUT2D eigenvalue weighted by atomic mass is 19.4. The van der Waals surface area contributed by atoms with Gasteiger partial charge in [0.2, 0.25) is 11.2 Å². The normalized spacial score (nSPS) is 11.2. The Kier molecular flexibility index (Phi) is 7.14. The fraction of sp³-hybridized carbons (Fsp3) is 0.115. The van der Waals surface area contributed by atoms with Crippen molar-refractivity contribution in [2.75, 3.05) is 13.2 Å². The third kappa shape index (κ3) is 6.07. The average Bonchev–Trinajstić information content (AvgIpc) is 2.88. The lowest BCUT2D eigenvalue weighted by Gasteiger charge is -2.14. The molecular weight excluding hydrogens is 495 g/mol. The summed E-state index contributed by atoms with van der Waals surface area (Å²) in [4.78, 5) is 35.1. The van der Waals surface area contributed by atoms with E-state index in [2.05, 4.69) is 5.32 Å². The summed E-state index contributed by atoms with van der Waals surface area (Å²) in [5, 5.41) is 10.4. The van der Waals surface area contributed by atoms with Gasteiger partial charge in [0.1, 0.15) is 23.6 Å². The van der Waals surface area contributed by atoms with Crippen LogP contribution in [0.3, 0.4) is 0 Å². The number of hydrogen-bond acceptors (Lipinski definition) is 6. The van der Waals surface area contributed by atoms with Gasteiger partial charge in [-0.15, -0.1) is 0 Å². The topological polar surface area (TPSA) is 115 Å². The van der Waals surface area contributed by atoms with Crippen molar-refractivity contribution in [1.82, 2.24) is 5.32 Å². The van der Waals surface area contributed by atoms with E-state index in [1.165, 1.54) is 24.3 Å². The van der Waals surface area contributed by atoms with Gasteiger partial charge in [0.05, 0.1) is 5.39 Å². The molecule has 190 valence electrons. The van der Waals surface area contributed by atoms with Gasteiger partial charge in [0.15, 0.2) is 6.61 Å². The van der Waals surface area contributed by atoms with Crippen LogP contribution in [0.4, 0.5) is 13.2 Å². The van der Waals surface area contributed by atoms with Gasteiger partial charge >= 0.3 is 12.1 Å². The lowest BCUT2D eigenvalue weighted by molar-refractivity contribution is -0.154. The van der Waals surface area contributed by atoms with E-state index in [-0.39, 0.29) is 16.9 Å². The second-order valence-corrected chi connectivity index (χ2v) is 7.70. The Bertz CT molecular complexity index is 1500. The molecule has 0 spiro atoms. The number of carboxylic acid groups (broad SMARTS) is 1. The van der Waals surface area contributed by atoms with Crippen LogP contribution in [0.15, 0.2) is 82.0 Å². The van der Waals surface area contributed by atoms with E-state index in [9.17, 15) is 27.6 Å². The van der Waals surface area contributed by atoms with E-state index in [1.807, 2.05) is 30.3 Å². The van der Waals surface area contributed by atoms with Crippen LogP contribution in [0.1, 0.15) is 5.76 Å². The first kappa shape index (κ1) is 25.3. The summed E-state index contributed by atoms with van der Waals surface area (Å²) >= 11 is 0. The molecule has 37 heavy (non-hydrogen) atoms. The van der Waals surface area contributed by atoms with Crippen LogP contribution in [0, 0.1) is 0 Å². The summed E-state index contributed by atoms with van der Waals surface area (Å²) in [6.07, 6.45) is -5.06. The maximum atomic E-state index is 13.8. The van der Waals surface area contributed by atoms with Crippen molar-refractivity contribution in [3.05, 3.63) is 88.8 Å². The molecule has 4 aromatic rings. The number of benzene rings is 3. The molecule has 1 aromatic heterocycles. The predicted octanol–water partition coefficient (Wildman–Crippen LogP) is 4.85. The Morgan fingerprint density at radius 2 is 1.57 bits per heavy atom. The van der Waals surface area contributed by atoms with Crippen LogP contribution >= 0.6 is 0 Å². The maximum Gasteiger partial charge on any atom is 0.453 e. The molecule has 0 fully saturated rings. The summed E-state index contributed by atoms with van der Waals surface area (Å²) in [5.41, 5.74) is 0.213. The first-order valence-electron chi connectivity index (χ1n) is 10.7. The van der Waals surface area contributed by atoms with Crippen LogP contribution in [0.5, 0.6) is 17.2 Å². The number of ether oxygens (including phenoxy) is 2. The van der Waals surface area contributed by atoms with Gasteiger partial charge < -0.3 is 24.3 Å². The second kappa shape index (κ2) is 10.4. The van der Waals surface area contributed by atoms with Crippen LogP contribution in [0.25, 0.3) is 22.1 Å². The van der Waals surface area contributed by atoms with Crippen molar-refractivity contribution in [2.24, 2.45) is 0 Å². The number of alkyl halides is 3. The molecule has 3 aromatic carbocycles. The molecule has 0 bridgehead atoms. The van der Waals surface area contributed by atoms with Crippen LogP contribution in [-0.4, -0.2) is 30.1 Å². The first-order chi connectivity index (χ1) is 17.6. The molecule has 0 radical (unpaired) electrons. The quantitative estimate of drug-likeness (QED) is 0.346. The number of amides is 1. The lowest BCUT2D eigenvalue weighted by atomic mass is 10.1. The number of rotatable bonds is 8. The number of carbonyl (C=O) groups is 2. The second-order valence-electron chi connectivity index (χ2n) is 7.70. The number of fused-ring (bicyclic) bond motifs is 1. The summed E-state index contributed by atoms with van der Waals surface area (Å²) in [6, 6.07) is 18.9. The van der Waals surface area contributed by atoms with E-state index in [4.69, 9.17) is 19.0 Å². The molecule has 0 saturated heterocycles. The third-order valence-corrected chi connectivity index (χ3v) is 5.07. The van der Waals surface area contributed by atoms with Crippen molar-refractivity contribution in [3.63, 3.8) is 0 Å². The number of carboxylic acids is 1. The van der Waals surface area contributed by atoms with E-state index < -0.39 is 53.7 Å². The smallest absolute Gasteiger partial charge is 0.453 e. The number of aliphatic carboxylic acids is 1. The van der Waals surface area contributed by atoms with Gasteiger partial charge in [-0.2, -0.15) is 13.2 Å². The summed E-state index contributed by atoms with van der Waals surface area (Å²) in [7, 11) is 0. The zero-order valence-electron chi connectivity index (χ0n) is 18.9. The van der Waals surface area contributed by atoms with Crippen molar-refractivity contribution in [1.29, 1.82) is 0 Å². The molecule has 11 heteroatoms. The highest BCUT2D eigenvalue weighted by Crippen LogP contribution is 2.39. The van der Waals surface area contributed by atoms with Gasteiger partial charge in [-0.25, -0.2) is 0 Å². The molecule has 0 aliphatic heterocycles. The van der Waals surface area contributed by atoms with Gasteiger partial charge in [-0.1, -0.05) is 42.5 Å². The SMILES string of the molecule is O=C(O)CNC(=O)COc1ccc2c(=O)c(Oc3ccc(-c4ccccc4)cc3)c(C(F)(F)F)oc2c1. The number of halogens is 3.